The summed E-state index contributed by atoms with van der Waals surface area (Å²) in [5, 5.41) is 0. The average molecular weight is 455 g/mol. The van der Waals surface area contributed by atoms with Gasteiger partial charge in [0.05, 0.1) is 13.2 Å². The molecule has 1 saturated heterocycles. The van der Waals surface area contributed by atoms with Gasteiger partial charge in [0.15, 0.2) is 0 Å². The summed E-state index contributed by atoms with van der Waals surface area (Å²) < 4.78 is 5.49. The van der Waals surface area contributed by atoms with Gasteiger partial charge in [-0.15, -0.1) is 0 Å². The average Bonchev–Trinajstić information content (AvgIpc) is 3.37. The predicted molar refractivity (Wildman–Crippen MR) is 138 cm³/mol. The maximum atomic E-state index is 13.4. The zero-order chi connectivity index (χ0) is 23.1. The molecule has 184 valence electrons. The molecule has 33 heavy (non-hydrogen) atoms. The summed E-state index contributed by atoms with van der Waals surface area (Å²) in [4.78, 5) is 18.0. The highest BCUT2D eigenvalue weighted by molar-refractivity contribution is 5.76. The normalized spacial score (nSPS) is 18.0. The van der Waals surface area contributed by atoms with Crippen LogP contribution in [0.3, 0.4) is 0 Å². The topological polar surface area (TPSA) is 32.8 Å². The number of hydrogen-bond donors (Lipinski definition) is 0. The Morgan fingerprint density at radius 2 is 1.82 bits per heavy atom. The van der Waals surface area contributed by atoms with E-state index in [0.717, 1.165) is 77.5 Å². The van der Waals surface area contributed by atoms with Crippen LogP contribution >= 0.6 is 0 Å². The van der Waals surface area contributed by atoms with Crippen molar-refractivity contribution in [3.05, 3.63) is 41.5 Å². The van der Waals surface area contributed by atoms with E-state index >= 15 is 0 Å². The SMILES string of the molecule is CCCCCC(=Cc1ccccc1)CN(CCCN1CCOCC1)C(=O)CCC1CCCC1. The Morgan fingerprint density at radius 3 is 2.55 bits per heavy atom. The lowest BCUT2D eigenvalue weighted by Gasteiger charge is -2.29. The van der Waals surface area contributed by atoms with Crippen molar-refractivity contribution < 1.29 is 9.53 Å². The number of amides is 1. The fourth-order valence-corrected chi connectivity index (χ4v) is 5.22. The molecular formula is C29H46N2O2. The Labute approximate surface area is 202 Å². The standard InChI is InChI=1S/C29H46N2O2/c1-2-3-5-15-28(24-27-13-6-4-7-14-27)25-31(19-10-18-30-20-22-33-23-21-30)29(32)17-16-26-11-8-9-12-26/h4,6-7,13-14,24,26H,2-3,5,8-12,15-23,25H2,1H3. The molecule has 3 rings (SSSR count). The molecule has 1 aliphatic heterocycles. The minimum atomic E-state index is 0.360. The lowest BCUT2D eigenvalue weighted by Crippen LogP contribution is -2.39. The number of unbranched alkanes of at least 4 members (excludes halogenated alkanes) is 2. The number of carbonyl (C=O) groups excluding carboxylic acids is 1. The molecule has 0 aromatic heterocycles. The van der Waals surface area contributed by atoms with E-state index < -0.39 is 0 Å². The largest absolute Gasteiger partial charge is 0.379 e. The van der Waals surface area contributed by atoms with Crippen molar-refractivity contribution in [3.8, 4) is 0 Å². The highest BCUT2D eigenvalue weighted by Gasteiger charge is 2.20. The lowest BCUT2D eigenvalue weighted by molar-refractivity contribution is -0.131. The zero-order valence-electron chi connectivity index (χ0n) is 21.0. The van der Waals surface area contributed by atoms with Gasteiger partial charge in [-0.25, -0.2) is 0 Å². The Morgan fingerprint density at radius 1 is 1.06 bits per heavy atom. The molecule has 4 heteroatoms. The van der Waals surface area contributed by atoms with E-state index in [-0.39, 0.29) is 0 Å². The van der Waals surface area contributed by atoms with E-state index in [1.165, 1.54) is 56.1 Å². The van der Waals surface area contributed by atoms with E-state index in [0.29, 0.717) is 5.91 Å². The van der Waals surface area contributed by atoms with E-state index in [9.17, 15) is 4.79 Å². The first-order chi connectivity index (χ1) is 16.2. The van der Waals surface area contributed by atoms with Crippen molar-refractivity contribution in [2.75, 3.05) is 45.9 Å². The number of hydrogen-bond acceptors (Lipinski definition) is 3. The summed E-state index contributed by atoms with van der Waals surface area (Å²) in [5.41, 5.74) is 2.64. The first kappa shape index (κ1) is 26.0. The molecule has 0 atom stereocenters. The Balaban J connectivity index is 1.62. The number of nitrogens with zero attached hydrogens (tertiary/aromatic N) is 2. The van der Waals surface area contributed by atoms with Gasteiger partial charge in [-0.1, -0.05) is 87.4 Å². The summed E-state index contributed by atoms with van der Waals surface area (Å²) in [6.45, 7) is 8.68. The molecular weight excluding hydrogens is 408 g/mol. The summed E-state index contributed by atoms with van der Waals surface area (Å²) in [7, 11) is 0. The lowest BCUT2D eigenvalue weighted by atomic mass is 10.0. The fraction of sp³-hybridized carbons (Fsp3) is 0.690. The molecule has 4 nitrogen and oxygen atoms in total. The molecule has 0 unspecified atom stereocenters. The van der Waals surface area contributed by atoms with Crippen molar-refractivity contribution in [3.63, 3.8) is 0 Å². The fourth-order valence-electron chi connectivity index (χ4n) is 5.22. The van der Waals surface area contributed by atoms with Gasteiger partial charge in [-0.05, 0) is 37.2 Å². The minimum absolute atomic E-state index is 0.360. The van der Waals surface area contributed by atoms with Crippen LogP contribution in [0.25, 0.3) is 6.08 Å². The van der Waals surface area contributed by atoms with Crippen molar-refractivity contribution in [1.82, 2.24) is 9.80 Å². The second-order valence-electron chi connectivity index (χ2n) is 9.98. The van der Waals surface area contributed by atoms with Crippen LogP contribution in [0.1, 0.15) is 83.1 Å². The van der Waals surface area contributed by atoms with Crippen LogP contribution in [0, 0.1) is 5.92 Å². The highest BCUT2D eigenvalue weighted by atomic mass is 16.5. The van der Waals surface area contributed by atoms with Crippen LogP contribution in [0.15, 0.2) is 35.9 Å². The van der Waals surface area contributed by atoms with Gasteiger partial charge in [0.25, 0.3) is 0 Å². The highest BCUT2D eigenvalue weighted by Crippen LogP contribution is 2.29. The molecule has 1 saturated carbocycles. The van der Waals surface area contributed by atoms with E-state index in [2.05, 4.69) is 53.1 Å². The Kier molecular flexibility index (Phi) is 12.0. The van der Waals surface area contributed by atoms with E-state index in [4.69, 9.17) is 4.74 Å². The van der Waals surface area contributed by atoms with Crippen LogP contribution in [-0.2, 0) is 9.53 Å². The van der Waals surface area contributed by atoms with Crippen LogP contribution in [-0.4, -0.2) is 61.6 Å². The van der Waals surface area contributed by atoms with Gasteiger partial charge < -0.3 is 9.64 Å². The molecule has 1 amide bonds. The molecule has 1 aromatic rings. The molecule has 0 spiro atoms. The molecule has 0 bridgehead atoms. The molecule has 2 aliphatic rings. The van der Waals surface area contributed by atoms with E-state index in [1.54, 1.807) is 0 Å². The van der Waals surface area contributed by atoms with Crippen LogP contribution in [0.2, 0.25) is 0 Å². The van der Waals surface area contributed by atoms with E-state index in [1.807, 2.05) is 0 Å². The van der Waals surface area contributed by atoms with Gasteiger partial charge in [0.1, 0.15) is 0 Å². The van der Waals surface area contributed by atoms with Crippen LogP contribution in [0.4, 0.5) is 0 Å². The van der Waals surface area contributed by atoms with Crippen LogP contribution in [0.5, 0.6) is 0 Å². The minimum Gasteiger partial charge on any atom is -0.379 e. The monoisotopic (exact) mass is 454 g/mol. The smallest absolute Gasteiger partial charge is 0.222 e. The number of ether oxygens (including phenoxy) is 1. The summed E-state index contributed by atoms with van der Waals surface area (Å²) >= 11 is 0. The van der Waals surface area contributed by atoms with Crippen molar-refractivity contribution in [2.45, 2.75) is 77.6 Å². The third-order valence-corrected chi connectivity index (χ3v) is 7.27. The number of morpholine rings is 1. The molecule has 1 heterocycles. The third-order valence-electron chi connectivity index (χ3n) is 7.27. The summed E-state index contributed by atoms with van der Waals surface area (Å²) in [6.07, 6.45) is 15.3. The quantitative estimate of drug-likeness (QED) is 0.315. The Bertz CT molecular complexity index is 691. The second kappa shape index (κ2) is 15.3. The predicted octanol–water partition coefficient (Wildman–Crippen LogP) is 6.17. The number of benzene rings is 1. The van der Waals surface area contributed by atoms with Crippen molar-refractivity contribution >= 4 is 12.0 Å². The Hall–Kier alpha value is -1.65. The molecule has 1 aliphatic carbocycles. The molecule has 1 aromatic carbocycles. The van der Waals surface area contributed by atoms with Crippen molar-refractivity contribution in [2.24, 2.45) is 5.92 Å². The van der Waals surface area contributed by atoms with Gasteiger partial charge >= 0.3 is 0 Å². The van der Waals surface area contributed by atoms with Crippen LogP contribution < -0.4 is 0 Å². The maximum Gasteiger partial charge on any atom is 0.222 e. The first-order valence-electron chi connectivity index (χ1n) is 13.6. The van der Waals surface area contributed by atoms with Crippen molar-refractivity contribution in [1.29, 1.82) is 0 Å². The van der Waals surface area contributed by atoms with Gasteiger partial charge in [0.2, 0.25) is 5.91 Å². The third kappa shape index (κ3) is 10.0. The first-order valence-corrected chi connectivity index (χ1v) is 13.6. The maximum absolute atomic E-state index is 13.4. The summed E-state index contributed by atoms with van der Waals surface area (Å²) in [5.74, 6) is 1.13. The molecule has 0 N–H and O–H groups in total. The molecule has 2 fully saturated rings. The number of carbonyl (C=O) groups is 1. The van der Waals surface area contributed by atoms with Gasteiger partial charge in [-0.2, -0.15) is 0 Å². The molecule has 0 radical (unpaired) electrons. The van der Waals surface area contributed by atoms with Gasteiger partial charge in [-0.3, -0.25) is 9.69 Å². The summed E-state index contributed by atoms with van der Waals surface area (Å²) in [6, 6.07) is 10.6. The van der Waals surface area contributed by atoms with Gasteiger partial charge in [0, 0.05) is 39.1 Å². The second-order valence-corrected chi connectivity index (χ2v) is 9.98. The number of rotatable bonds is 14. The zero-order valence-corrected chi connectivity index (χ0v) is 21.0.